The Kier molecular flexibility index (Phi) is 3.81. The molecule has 3 aromatic rings. The first-order valence-electron chi connectivity index (χ1n) is 8.32. The summed E-state index contributed by atoms with van der Waals surface area (Å²) in [5.74, 6) is 0.680. The highest BCUT2D eigenvalue weighted by atomic mass is 32.1. The lowest BCUT2D eigenvalue weighted by molar-refractivity contribution is 0.612. The fourth-order valence-corrected chi connectivity index (χ4v) is 4.64. The molecule has 23 heavy (non-hydrogen) atoms. The number of rotatable bonds is 2. The zero-order valence-corrected chi connectivity index (χ0v) is 14.5. The van der Waals surface area contributed by atoms with Crippen molar-refractivity contribution in [2.45, 2.75) is 32.1 Å². The van der Waals surface area contributed by atoms with Gasteiger partial charge in [-0.15, -0.1) is 0 Å². The molecule has 1 aromatic carbocycles. The van der Waals surface area contributed by atoms with Gasteiger partial charge in [0.25, 0.3) is 0 Å². The van der Waals surface area contributed by atoms with Crippen LogP contribution in [-0.4, -0.2) is 27.9 Å². The zero-order chi connectivity index (χ0) is 15.8. The molecule has 0 radical (unpaired) electrons. The quantitative estimate of drug-likeness (QED) is 0.710. The first kappa shape index (κ1) is 14.7. The summed E-state index contributed by atoms with van der Waals surface area (Å²) in [6.07, 6.45) is 3.70. The molecule has 0 amide bonds. The summed E-state index contributed by atoms with van der Waals surface area (Å²) >= 11 is 1.79. The third-order valence-corrected chi connectivity index (χ3v) is 6.02. The highest BCUT2D eigenvalue weighted by molar-refractivity contribution is 7.22. The average molecular weight is 326 g/mol. The van der Waals surface area contributed by atoms with Crippen molar-refractivity contribution in [3.8, 4) is 0 Å². The van der Waals surface area contributed by atoms with E-state index in [-0.39, 0.29) is 0 Å². The monoisotopic (exact) mass is 326 g/mol. The van der Waals surface area contributed by atoms with Crippen LogP contribution < -0.4 is 4.90 Å². The van der Waals surface area contributed by atoms with E-state index in [4.69, 9.17) is 4.98 Å². The number of hydrogen-bond donors (Lipinski definition) is 0. The lowest BCUT2D eigenvalue weighted by Crippen LogP contribution is -2.23. The third kappa shape index (κ3) is 2.74. The highest BCUT2D eigenvalue weighted by Crippen LogP contribution is 2.34. The van der Waals surface area contributed by atoms with Crippen molar-refractivity contribution < 1.29 is 0 Å². The van der Waals surface area contributed by atoms with Gasteiger partial charge in [-0.2, -0.15) is 5.10 Å². The number of nitrogens with zero attached hydrogens (tertiary/aromatic N) is 4. The largest absolute Gasteiger partial charge is 0.348 e. The van der Waals surface area contributed by atoms with Gasteiger partial charge in [-0.05, 0) is 37.7 Å². The van der Waals surface area contributed by atoms with Crippen LogP contribution in [0.1, 0.15) is 36.4 Å². The molecule has 1 fully saturated rings. The van der Waals surface area contributed by atoms with E-state index in [0.717, 1.165) is 29.6 Å². The smallest absolute Gasteiger partial charge is 0.188 e. The zero-order valence-electron chi connectivity index (χ0n) is 13.7. The minimum absolute atomic E-state index is 0.680. The molecular weight excluding hydrogens is 304 g/mol. The first-order chi connectivity index (χ1) is 11.2. The van der Waals surface area contributed by atoms with Crippen LogP contribution in [0.25, 0.3) is 10.3 Å². The van der Waals surface area contributed by atoms with Gasteiger partial charge in [0.15, 0.2) is 10.8 Å². The molecule has 0 unspecified atom stereocenters. The molecule has 0 aliphatic carbocycles. The molecule has 1 aliphatic rings. The molecule has 1 saturated heterocycles. The summed E-state index contributed by atoms with van der Waals surface area (Å²) in [5, 5.41) is 5.61. The predicted octanol–water partition coefficient (Wildman–Crippen LogP) is 4.11. The minimum atomic E-state index is 0.680. The molecule has 120 valence electrons. The second kappa shape index (κ2) is 5.96. The summed E-state index contributed by atoms with van der Waals surface area (Å²) < 4.78 is 3.13. The van der Waals surface area contributed by atoms with Crippen LogP contribution in [0.3, 0.4) is 0 Å². The van der Waals surface area contributed by atoms with Gasteiger partial charge in [-0.25, -0.2) is 9.67 Å². The fraction of sp³-hybridized carbons (Fsp3) is 0.444. The van der Waals surface area contributed by atoms with Crippen molar-refractivity contribution in [3.05, 3.63) is 41.6 Å². The second-order valence-corrected chi connectivity index (χ2v) is 7.36. The first-order valence-corrected chi connectivity index (χ1v) is 9.14. The second-order valence-electron chi connectivity index (χ2n) is 6.38. The van der Waals surface area contributed by atoms with Crippen molar-refractivity contribution >= 4 is 26.8 Å². The topological polar surface area (TPSA) is 34.0 Å². The molecular formula is C18H22N4S. The lowest BCUT2D eigenvalue weighted by Gasteiger charge is -2.19. The van der Waals surface area contributed by atoms with Crippen LogP contribution >= 0.6 is 11.3 Å². The van der Waals surface area contributed by atoms with E-state index in [1.54, 1.807) is 11.3 Å². The van der Waals surface area contributed by atoms with Crippen LogP contribution in [0.2, 0.25) is 0 Å². The standard InChI is InChI=1S/C18H22N4S/c1-13-16-17(21(2)20-13)19-18(23-16)22-11-6-9-15(10-12-22)14-7-4-3-5-8-14/h3-5,7-8,15H,6,9-12H2,1-2H3/t15-/m1/s1. The van der Waals surface area contributed by atoms with Crippen molar-refractivity contribution in [3.63, 3.8) is 0 Å². The van der Waals surface area contributed by atoms with Crippen molar-refractivity contribution in [2.75, 3.05) is 18.0 Å². The summed E-state index contributed by atoms with van der Waals surface area (Å²) in [6.45, 7) is 4.26. The number of fused-ring (bicyclic) bond motifs is 1. The van der Waals surface area contributed by atoms with Crippen molar-refractivity contribution in [2.24, 2.45) is 7.05 Å². The Morgan fingerprint density at radius 3 is 2.74 bits per heavy atom. The van der Waals surface area contributed by atoms with Crippen molar-refractivity contribution in [1.82, 2.24) is 14.8 Å². The van der Waals surface area contributed by atoms with E-state index in [1.165, 1.54) is 29.5 Å². The molecule has 5 heteroatoms. The summed E-state index contributed by atoms with van der Waals surface area (Å²) in [6, 6.07) is 11.0. The molecule has 3 heterocycles. The van der Waals surface area contributed by atoms with E-state index in [0.29, 0.717) is 5.92 Å². The molecule has 1 aliphatic heterocycles. The normalized spacial score (nSPS) is 19.2. The number of aromatic nitrogens is 3. The van der Waals surface area contributed by atoms with Crippen LogP contribution in [0, 0.1) is 6.92 Å². The third-order valence-electron chi connectivity index (χ3n) is 4.80. The maximum atomic E-state index is 4.84. The van der Waals surface area contributed by atoms with Gasteiger partial charge in [-0.3, -0.25) is 0 Å². The minimum Gasteiger partial charge on any atom is -0.348 e. The Balaban J connectivity index is 1.55. The summed E-state index contributed by atoms with van der Waals surface area (Å²) in [4.78, 5) is 7.31. The Labute approximate surface area is 140 Å². The van der Waals surface area contributed by atoms with Gasteiger partial charge in [0.05, 0.1) is 10.4 Å². The maximum absolute atomic E-state index is 4.84. The van der Waals surface area contributed by atoms with Gasteiger partial charge in [0.1, 0.15) is 0 Å². The molecule has 1 atom stereocenters. The van der Waals surface area contributed by atoms with Gasteiger partial charge < -0.3 is 4.90 Å². The Morgan fingerprint density at radius 2 is 1.96 bits per heavy atom. The average Bonchev–Trinajstić information content (AvgIpc) is 3.01. The van der Waals surface area contributed by atoms with Crippen LogP contribution in [0.5, 0.6) is 0 Å². The van der Waals surface area contributed by atoms with E-state index < -0.39 is 0 Å². The molecule has 0 N–H and O–H groups in total. The number of benzene rings is 1. The Bertz CT molecular complexity index is 771. The van der Waals surface area contributed by atoms with Crippen molar-refractivity contribution in [1.29, 1.82) is 0 Å². The van der Waals surface area contributed by atoms with Gasteiger partial charge in [-0.1, -0.05) is 41.7 Å². The van der Waals surface area contributed by atoms with Gasteiger partial charge in [0, 0.05) is 20.1 Å². The summed E-state index contributed by atoms with van der Waals surface area (Å²) in [7, 11) is 1.98. The Morgan fingerprint density at radius 1 is 1.13 bits per heavy atom. The van der Waals surface area contributed by atoms with E-state index in [9.17, 15) is 0 Å². The van der Waals surface area contributed by atoms with E-state index in [1.807, 2.05) is 11.7 Å². The Hall–Kier alpha value is -1.88. The highest BCUT2D eigenvalue weighted by Gasteiger charge is 2.22. The molecule has 0 bridgehead atoms. The van der Waals surface area contributed by atoms with Gasteiger partial charge in [0.2, 0.25) is 0 Å². The van der Waals surface area contributed by atoms with Crippen LogP contribution in [0.4, 0.5) is 5.13 Å². The van der Waals surface area contributed by atoms with Crippen LogP contribution in [-0.2, 0) is 7.05 Å². The number of hydrogen-bond acceptors (Lipinski definition) is 4. The predicted molar refractivity (Wildman–Crippen MR) is 96.4 cm³/mol. The lowest BCUT2D eigenvalue weighted by atomic mass is 9.92. The van der Waals surface area contributed by atoms with Gasteiger partial charge >= 0.3 is 0 Å². The van der Waals surface area contributed by atoms with E-state index >= 15 is 0 Å². The van der Waals surface area contributed by atoms with E-state index in [2.05, 4.69) is 47.3 Å². The molecule has 0 saturated carbocycles. The fourth-order valence-electron chi connectivity index (χ4n) is 3.56. The number of anilines is 1. The summed E-state index contributed by atoms with van der Waals surface area (Å²) in [5.41, 5.74) is 3.59. The molecule has 4 nitrogen and oxygen atoms in total. The number of aryl methyl sites for hydroxylation is 2. The SMILES string of the molecule is Cc1nn(C)c2nc(N3CCC[C@@H](c4ccccc4)CC3)sc12. The molecule has 4 rings (SSSR count). The molecule has 2 aromatic heterocycles. The number of thiazole rings is 1. The maximum Gasteiger partial charge on any atom is 0.188 e. The van der Waals surface area contributed by atoms with Crippen LogP contribution in [0.15, 0.2) is 30.3 Å². The molecule has 0 spiro atoms.